The average molecular weight is 200 g/mol. The Morgan fingerprint density at radius 3 is 1.64 bits per heavy atom. The van der Waals surface area contributed by atoms with Crippen LogP contribution < -0.4 is 51.4 Å². The maximum atomic E-state index is 8.56. The van der Waals surface area contributed by atoms with Gasteiger partial charge < -0.3 is 11.6 Å². The molecule has 0 aliphatic carbocycles. The number of carbonyl (C=O) groups is 1. The van der Waals surface area contributed by atoms with Gasteiger partial charge in [0.05, 0.1) is 0 Å². The van der Waals surface area contributed by atoms with Crippen LogP contribution in [0, 0.1) is 0 Å². The van der Waals surface area contributed by atoms with Crippen LogP contribution in [0.3, 0.4) is 0 Å². The summed E-state index contributed by atoms with van der Waals surface area (Å²) in [5.74, 6) is 0. The molecule has 0 radical (unpaired) electrons. The SMILES string of the molecule is C1C[CH2][AlH][CH2]C1.O=C(O)O.[H-].[K+]. The van der Waals surface area contributed by atoms with Crippen LogP contribution in [-0.4, -0.2) is 31.6 Å². The molecule has 0 spiro atoms. The molecule has 1 aliphatic heterocycles. The predicted octanol–water partition coefficient (Wildman–Crippen LogP) is -1.22. The third kappa shape index (κ3) is 18.4. The number of rotatable bonds is 0. The van der Waals surface area contributed by atoms with Gasteiger partial charge in [0.1, 0.15) is 0 Å². The molecule has 0 aromatic rings. The molecule has 1 saturated heterocycles. The summed E-state index contributed by atoms with van der Waals surface area (Å²) in [6.07, 6.45) is 2.82. The van der Waals surface area contributed by atoms with Crippen LogP contribution in [-0.2, 0) is 0 Å². The summed E-state index contributed by atoms with van der Waals surface area (Å²) in [7, 11) is 0. The van der Waals surface area contributed by atoms with E-state index in [0.29, 0.717) is 15.2 Å². The van der Waals surface area contributed by atoms with Crippen molar-refractivity contribution in [3.05, 3.63) is 0 Å². The minimum Gasteiger partial charge on any atom is -1.00 e. The molecule has 2 N–H and O–H groups in total. The molecular weight excluding hydrogens is 186 g/mol. The summed E-state index contributed by atoms with van der Waals surface area (Å²) in [6, 6.07) is 0. The van der Waals surface area contributed by atoms with Gasteiger partial charge in [0.25, 0.3) is 0 Å². The summed E-state index contributed by atoms with van der Waals surface area (Å²) in [4.78, 5) is 8.56. The molecule has 0 aromatic carbocycles. The van der Waals surface area contributed by atoms with Gasteiger partial charge in [-0.15, -0.1) is 0 Å². The summed E-state index contributed by atoms with van der Waals surface area (Å²) in [6.45, 7) is 0. The van der Waals surface area contributed by atoms with E-state index in [1.165, 1.54) is 6.42 Å². The van der Waals surface area contributed by atoms with Gasteiger partial charge in [-0.25, -0.2) is 4.79 Å². The fourth-order valence-corrected chi connectivity index (χ4v) is 2.83. The monoisotopic (exact) mass is 200 g/mol. The van der Waals surface area contributed by atoms with Crippen molar-refractivity contribution in [1.29, 1.82) is 0 Å². The number of hydrogen-bond donors (Lipinski definition) is 2. The van der Waals surface area contributed by atoms with E-state index in [9.17, 15) is 0 Å². The van der Waals surface area contributed by atoms with Crippen molar-refractivity contribution in [2.24, 2.45) is 0 Å². The maximum absolute atomic E-state index is 8.56. The van der Waals surface area contributed by atoms with Crippen LogP contribution in [0.15, 0.2) is 0 Å². The maximum Gasteiger partial charge on any atom is 1.00 e. The Morgan fingerprint density at radius 2 is 1.55 bits per heavy atom. The molecule has 0 atom stereocenters. The van der Waals surface area contributed by atoms with E-state index in [1.54, 1.807) is 23.4 Å². The van der Waals surface area contributed by atoms with Crippen LogP contribution in [0.4, 0.5) is 4.79 Å². The summed E-state index contributed by atoms with van der Waals surface area (Å²) in [5.41, 5.74) is 0. The van der Waals surface area contributed by atoms with Crippen LogP contribution in [0.2, 0.25) is 10.6 Å². The molecule has 3 nitrogen and oxygen atoms in total. The van der Waals surface area contributed by atoms with Crippen molar-refractivity contribution in [3.63, 3.8) is 0 Å². The molecule has 1 rings (SSSR count). The van der Waals surface area contributed by atoms with E-state index < -0.39 is 6.16 Å². The third-order valence-electron chi connectivity index (χ3n) is 1.50. The summed E-state index contributed by atoms with van der Waals surface area (Å²) >= 11 is 0.508. The Kier molecular flexibility index (Phi) is 15.5. The standard InChI is InChI=1S/C5H10.CH2O3.Al.K.2H/c1-3-5-4-2;2-1(3)4;;;;/h1-5H2;(H2,2,3,4);;;;/q;;;+1;;-1. The van der Waals surface area contributed by atoms with Crippen molar-refractivity contribution in [2.75, 3.05) is 0 Å². The van der Waals surface area contributed by atoms with Crippen molar-refractivity contribution in [1.82, 2.24) is 0 Å². The smallest absolute Gasteiger partial charge is 1.00 e. The van der Waals surface area contributed by atoms with Gasteiger partial charge in [0.2, 0.25) is 15.2 Å². The van der Waals surface area contributed by atoms with Gasteiger partial charge in [-0.05, 0) is 0 Å². The minimum atomic E-state index is -1.83. The van der Waals surface area contributed by atoms with Gasteiger partial charge >= 0.3 is 57.5 Å². The Balaban J connectivity index is -0.000000124. The van der Waals surface area contributed by atoms with Crippen LogP contribution in [0.5, 0.6) is 0 Å². The fourth-order valence-electron chi connectivity index (χ4n) is 1.06. The first-order valence-electron chi connectivity index (χ1n) is 3.65. The fraction of sp³-hybridized carbons (Fsp3) is 0.833. The van der Waals surface area contributed by atoms with Crippen LogP contribution in [0.25, 0.3) is 0 Å². The Hall–Kier alpha value is 1.44. The molecule has 5 heteroatoms. The molecule has 1 aliphatic rings. The first-order valence-corrected chi connectivity index (χ1v) is 5.65. The van der Waals surface area contributed by atoms with E-state index in [2.05, 4.69) is 0 Å². The second kappa shape index (κ2) is 11.4. The molecule has 60 valence electrons. The molecule has 0 aromatic heterocycles. The number of hydrogen-bond acceptors (Lipinski definition) is 1. The van der Waals surface area contributed by atoms with Crippen molar-refractivity contribution < 1.29 is 67.8 Å². The molecule has 11 heavy (non-hydrogen) atoms. The zero-order chi connectivity index (χ0) is 7.82. The topological polar surface area (TPSA) is 57.5 Å². The second-order valence-corrected chi connectivity index (χ2v) is 4.53. The van der Waals surface area contributed by atoms with Crippen molar-refractivity contribution in [2.45, 2.75) is 29.8 Å². The van der Waals surface area contributed by atoms with Gasteiger partial charge in [-0.2, -0.15) is 0 Å². The normalized spacial score (nSPS) is 14.5. The van der Waals surface area contributed by atoms with Crippen molar-refractivity contribution >= 4 is 21.4 Å². The second-order valence-electron chi connectivity index (χ2n) is 2.40. The first-order chi connectivity index (χ1) is 4.73. The van der Waals surface area contributed by atoms with E-state index >= 15 is 0 Å². The van der Waals surface area contributed by atoms with E-state index in [1.807, 2.05) is 0 Å². The molecule has 0 amide bonds. The zero-order valence-corrected chi connectivity index (χ0v) is 11.6. The Morgan fingerprint density at radius 1 is 1.18 bits per heavy atom. The van der Waals surface area contributed by atoms with Crippen molar-refractivity contribution in [3.8, 4) is 0 Å². The van der Waals surface area contributed by atoms with E-state index in [4.69, 9.17) is 15.0 Å². The molecule has 0 saturated carbocycles. The predicted molar refractivity (Wildman–Crippen MR) is 42.4 cm³/mol. The van der Waals surface area contributed by atoms with Gasteiger partial charge in [0.15, 0.2) is 0 Å². The Labute approximate surface area is 117 Å². The van der Waals surface area contributed by atoms with Gasteiger partial charge in [-0.1, -0.05) is 29.8 Å². The van der Waals surface area contributed by atoms with Gasteiger partial charge in [0, 0.05) is 0 Å². The number of carboxylic acid groups (broad SMARTS) is 2. The van der Waals surface area contributed by atoms with E-state index in [-0.39, 0.29) is 52.8 Å². The Bertz CT molecular complexity index is 85.3. The first kappa shape index (κ1) is 14.9. The summed E-state index contributed by atoms with van der Waals surface area (Å²) < 4.78 is 0. The largest absolute Gasteiger partial charge is 1.00 e. The van der Waals surface area contributed by atoms with Crippen LogP contribution in [0.1, 0.15) is 20.7 Å². The molecule has 0 unspecified atom stereocenters. The molecule has 0 bridgehead atoms. The summed E-state index contributed by atoms with van der Waals surface area (Å²) in [5, 5.41) is 17.2. The van der Waals surface area contributed by atoms with Crippen LogP contribution >= 0.6 is 0 Å². The molecule has 1 fully saturated rings. The zero-order valence-electron chi connectivity index (χ0n) is 8.05. The van der Waals surface area contributed by atoms with E-state index in [0.717, 1.165) is 0 Å². The minimum absolute atomic E-state index is 0. The molecule has 1 heterocycles. The third-order valence-corrected chi connectivity index (χ3v) is 3.50. The van der Waals surface area contributed by atoms with Gasteiger partial charge in [-0.3, -0.25) is 0 Å². The average Bonchev–Trinajstić information content (AvgIpc) is 1.90. The molecular formula is C6H14AlKO3. The quantitative estimate of drug-likeness (QED) is 0.482.